The van der Waals surface area contributed by atoms with Gasteiger partial charge in [-0.2, -0.15) is 0 Å². The van der Waals surface area contributed by atoms with Crippen LogP contribution in [-0.2, 0) is 5.75 Å². The van der Waals surface area contributed by atoms with Crippen LogP contribution < -0.4 is 0 Å². The first-order chi connectivity index (χ1) is 13.3. The highest BCUT2D eigenvalue weighted by atomic mass is 32.2. The largest absolute Gasteiger partial charge is 0.443 e. The Morgan fingerprint density at radius 1 is 1.15 bits per heavy atom. The molecule has 7 nitrogen and oxygen atoms in total. The number of oxazole rings is 1. The molecule has 5 rings (SSSR count). The summed E-state index contributed by atoms with van der Waals surface area (Å²) in [5.41, 5.74) is 5.36. The Balaban J connectivity index is 1.59. The van der Waals surface area contributed by atoms with E-state index in [4.69, 9.17) is 9.40 Å². The van der Waals surface area contributed by atoms with Crippen molar-refractivity contribution < 1.29 is 4.42 Å². The van der Waals surface area contributed by atoms with E-state index in [0.29, 0.717) is 17.3 Å². The molecule has 132 valence electrons. The second-order valence-corrected chi connectivity index (χ2v) is 7.01. The van der Waals surface area contributed by atoms with Crippen LogP contribution in [0, 0.1) is 6.92 Å². The summed E-state index contributed by atoms with van der Waals surface area (Å²) in [6, 6.07) is 8.31. The van der Waals surface area contributed by atoms with Gasteiger partial charge in [-0.05, 0) is 24.1 Å². The molecular weight excluding hydrogens is 360 g/mol. The highest BCUT2D eigenvalue weighted by Gasteiger charge is 2.15. The SMILES string of the molecule is Cc1cccc2cc(CSc3ncnc4nc[nH]c34)c(-c3ncco3)nc12. The molecule has 4 heterocycles. The number of benzene rings is 1. The third-order valence-electron chi connectivity index (χ3n) is 4.31. The van der Waals surface area contributed by atoms with Crippen LogP contribution in [0.2, 0.25) is 0 Å². The van der Waals surface area contributed by atoms with Crippen molar-refractivity contribution in [3.8, 4) is 11.6 Å². The van der Waals surface area contributed by atoms with Gasteiger partial charge in [0, 0.05) is 11.1 Å². The average molecular weight is 374 g/mol. The Labute approximate surface area is 158 Å². The summed E-state index contributed by atoms with van der Waals surface area (Å²) >= 11 is 1.60. The molecule has 0 bridgehead atoms. The molecule has 0 aliphatic heterocycles. The van der Waals surface area contributed by atoms with Crippen LogP contribution in [0.5, 0.6) is 0 Å². The van der Waals surface area contributed by atoms with Crippen molar-refractivity contribution in [2.24, 2.45) is 0 Å². The zero-order valence-corrected chi connectivity index (χ0v) is 15.2. The smallest absolute Gasteiger partial charge is 0.245 e. The first-order valence-electron chi connectivity index (χ1n) is 8.35. The highest BCUT2D eigenvalue weighted by molar-refractivity contribution is 7.98. The fourth-order valence-corrected chi connectivity index (χ4v) is 3.95. The summed E-state index contributed by atoms with van der Waals surface area (Å²) < 4.78 is 5.53. The third-order valence-corrected chi connectivity index (χ3v) is 5.35. The number of nitrogens with one attached hydrogen (secondary N) is 1. The minimum absolute atomic E-state index is 0.519. The molecule has 1 aromatic carbocycles. The lowest BCUT2D eigenvalue weighted by atomic mass is 10.1. The Morgan fingerprint density at radius 2 is 2.11 bits per heavy atom. The van der Waals surface area contributed by atoms with Crippen molar-refractivity contribution in [2.75, 3.05) is 0 Å². The summed E-state index contributed by atoms with van der Waals surface area (Å²) in [7, 11) is 0. The van der Waals surface area contributed by atoms with Gasteiger partial charge in [-0.1, -0.05) is 30.0 Å². The van der Waals surface area contributed by atoms with Gasteiger partial charge in [0.05, 0.1) is 18.0 Å². The van der Waals surface area contributed by atoms with Crippen molar-refractivity contribution in [2.45, 2.75) is 17.7 Å². The normalized spacial score (nSPS) is 11.4. The van der Waals surface area contributed by atoms with Gasteiger partial charge in [-0.15, -0.1) is 0 Å². The maximum atomic E-state index is 5.53. The summed E-state index contributed by atoms with van der Waals surface area (Å²) in [6.45, 7) is 2.05. The van der Waals surface area contributed by atoms with E-state index in [1.54, 1.807) is 30.5 Å². The minimum atomic E-state index is 0.519. The molecule has 0 saturated carbocycles. The van der Waals surface area contributed by atoms with Crippen molar-refractivity contribution >= 4 is 33.8 Å². The van der Waals surface area contributed by atoms with Crippen molar-refractivity contribution in [1.29, 1.82) is 0 Å². The van der Waals surface area contributed by atoms with E-state index in [1.165, 1.54) is 6.33 Å². The molecule has 0 amide bonds. The van der Waals surface area contributed by atoms with Crippen LogP contribution in [0.3, 0.4) is 0 Å². The molecule has 0 saturated heterocycles. The van der Waals surface area contributed by atoms with Crippen molar-refractivity contribution in [1.82, 2.24) is 29.9 Å². The molecule has 27 heavy (non-hydrogen) atoms. The molecule has 0 fully saturated rings. The van der Waals surface area contributed by atoms with Crippen molar-refractivity contribution in [3.05, 3.63) is 60.5 Å². The second kappa shape index (κ2) is 6.48. The number of thioether (sulfide) groups is 1. The lowest BCUT2D eigenvalue weighted by Crippen LogP contribution is -1.96. The zero-order valence-electron chi connectivity index (χ0n) is 14.4. The first-order valence-corrected chi connectivity index (χ1v) is 9.34. The minimum Gasteiger partial charge on any atom is -0.443 e. The summed E-state index contributed by atoms with van der Waals surface area (Å²) in [5.74, 6) is 1.19. The predicted octanol–water partition coefficient (Wildman–Crippen LogP) is 4.16. The molecule has 8 heteroatoms. The number of aromatic nitrogens is 6. The molecular formula is C19H14N6OS. The van der Waals surface area contributed by atoms with E-state index < -0.39 is 0 Å². The number of rotatable bonds is 4. The number of imidazole rings is 1. The highest BCUT2D eigenvalue weighted by Crippen LogP contribution is 2.32. The van der Waals surface area contributed by atoms with E-state index >= 15 is 0 Å². The maximum absolute atomic E-state index is 5.53. The van der Waals surface area contributed by atoms with Gasteiger partial charge in [-0.25, -0.2) is 24.9 Å². The van der Waals surface area contributed by atoms with Crippen LogP contribution in [-0.4, -0.2) is 29.9 Å². The van der Waals surface area contributed by atoms with Gasteiger partial charge in [0.2, 0.25) is 5.89 Å². The molecule has 5 aromatic rings. The predicted molar refractivity (Wildman–Crippen MR) is 103 cm³/mol. The molecule has 0 spiro atoms. The lowest BCUT2D eigenvalue weighted by Gasteiger charge is -2.10. The Kier molecular flexibility index (Phi) is 3.83. The topological polar surface area (TPSA) is 93.4 Å². The number of pyridine rings is 1. The van der Waals surface area contributed by atoms with E-state index in [9.17, 15) is 0 Å². The Morgan fingerprint density at radius 3 is 3.00 bits per heavy atom. The van der Waals surface area contributed by atoms with Crippen LogP contribution in [0.15, 0.2) is 58.8 Å². The van der Waals surface area contributed by atoms with Gasteiger partial charge >= 0.3 is 0 Å². The molecule has 0 atom stereocenters. The number of fused-ring (bicyclic) bond motifs is 2. The monoisotopic (exact) mass is 374 g/mol. The summed E-state index contributed by atoms with van der Waals surface area (Å²) in [5, 5.41) is 1.94. The van der Waals surface area contributed by atoms with E-state index in [0.717, 1.165) is 38.3 Å². The van der Waals surface area contributed by atoms with Crippen LogP contribution in [0.4, 0.5) is 0 Å². The fraction of sp³-hybridized carbons (Fsp3) is 0.105. The van der Waals surface area contributed by atoms with Crippen LogP contribution in [0.1, 0.15) is 11.1 Å². The lowest BCUT2D eigenvalue weighted by molar-refractivity contribution is 0.572. The number of aryl methyl sites for hydroxylation is 1. The molecule has 0 unspecified atom stereocenters. The van der Waals surface area contributed by atoms with E-state index in [-0.39, 0.29) is 0 Å². The number of H-pyrrole nitrogens is 1. The Bertz CT molecular complexity index is 1250. The number of para-hydroxylation sites is 1. The molecule has 0 radical (unpaired) electrons. The molecule has 0 aliphatic rings. The maximum Gasteiger partial charge on any atom is 0.245 e. The van der Waals surface area contributed by atoms with E-state index in [2.05, 4.69) is 50.0 Å². The van der Waals surface area contributed by atoms with E-state index in [1.807, 2.05) is 6.07 Å². The van der Waals surface area contributed by atoms with Gasteiger partial charge in [0.1, 0.15) is 28.8 Å². The van der Waals surface area contributed by atoms with Crippen molar-refractivity contribution in [3.63, 3.8) is 0 Å². The number of hydrogen-bond acceptors (Lipinski definition) is 7. The number of aromatic amines is 1. The van der Waals surface area contributed by atoms with Gasteiger partial charge in [0.25, 0.3) is 0 Å². The van der Waals surface area contributed by atoms with Gasteiger partial charge in [-0.3, -0.25) is 0 Å². The first kappa shape index (κ1) is 16.0. The summed E-state index contributed by atoms with van der Waals surface area (Å²) in [6.07, 6.45) is 6.35. The molecule has 1 N–H and O–H groups in total. The molecule has 0 aliphatic carbocycles. The van der Waals surface area contributed by atoms with Crippen LogP contribution >= 0.6 is 11.8 Å². The zero-order chi connectivity index (χ0) is 18.2. The number of nitrogens with zero attached hydrogens (tertiary/aromatic N) is 5. The van der Waals surface area contributed by atoms with Crippen LogP contribution in [0.25, 0.3) is 33.7 Å². The second-order valence-electron chi connectivity index (χ2n) is 6.05. The summed E-state index contributed by atoms with van der Waals surface area (Å²) in [4.78, 5) is 25.0. The van der Waals surface area contributed by atoms with Gasteiger partial charge < -0.3 is 9.40 Å². The Hall–Kier alpha value is -3.26. The average Bonchev–Trinajstić information content (AvgIpc) is 3.38. The number of hydrogen-bond donors (Lipinski definition) is 1. The third kappa shape index (κ3) is 2.83. The standard InChI is InChI=1S/C19H14N6OS/c1-11-3-2-4-12-7-13(15(25-14(11)12)18-20-5-6-26-18)8-27-19-16-17(22-9-21-16)23-10-24-19/h2-7,9-10H,8H2,1H3,(H,21,22,23,24). The van der Waals surface area contributed by atoms with Gasteiger partial charge in [0.15, 0.2) is 5.65 Å². The quantitative estimate of drug-likeness (QED) is 0.373. The molecule has 4 aromatic heterocycles. The fourth-order valence-electron chi connectivity index (χ4n) is 3.02.